The number of imide groups is 1. The average Bonchev–Trinajstić information content (AvgIpc) is 3.57. The molecule has 0 bridgehead atoms. The van der Waals surface area contributed by atoms with Crippen LogP contribution >= 0.6 is 0 Å². The van der Waals surface area contributed by atoms with E-state index in [9.17, 15) is 14.4 Å². The first kappa shape index (κ1) is 39.0. The lowest BCUT2D eigenvalue weighted by molar-refractivity contribution is -0.136. The summed E-state index contributed by atoms with van der Waals surface area (Å²) in [5, 5.41) is 2.40. The number of ether oxygens (including phenoxy) is 1. The smallest absolute Gasteiger partial charge is 0.255 e. The van der Waals surface area contributed by atoms with Gasteiger partial charge in [0.05, 0.1) is 0 Å². The minimum atomic E-state index is -0.581. The fourth-order valence-corrected chi connectivity index (χ4v) is 11.5. The van der Waals surface area contributed by atoms with Crippen molar-refractivity contribution in [2.24, 2.45) is 5.41 Å². The highest BCUT2D eigenvalue weighted by atomic mass is 16.5. The van der Waals surface area contributed by atoms with Crippen molar-refractivity contribution in [3.8, 4) is 5.75 Å². The van der Waals surface area contributed by atoms with Gasteiger partial charge in [0, 0.05) is 81.1 Å². The Morgan fingerprint density at radius 3 is 2.13 bits per heavy atom. The minimum absolute atomic E-state index is 0.112. The Bertz CT molecular complexity index is 2260. The summed E-state index contributed by atoms with van der Waals surface area (Å²) >= 11 is 0. The molecule has 3 atom stereocenters. The number of aryl methyl sites for hydroxylation is 1. The van der Waals surface area contributed by atoms with Crippen molar-refractivity contribution < 1.29 is 19.1 Å². The largest absolute Gasteiger partial charge is 0.488 e. The number of hydrogen-bond donors (Lipinski definition) is 1. The summed E-state index contributed by atoms with van der Waals surface area (Å²) in [6, 6.07) is 33.7. The van der Waals surface area contributed by atoms with Crippen LogP contribution in [0.25, 0.3) is 0 Å². The van der Waals surface area contributed by atoms with Crippen LogP contribution in [-0.4, -0.2) is 84.5 Å². The standard InChI is InChI=1S/C51H59N5O4/c1-50(2,3)60-41-15-18-43-36(30-41)11-16-42(34-7-5-4-6-8-34)47(43)35-9-12-38(13-10-35)53-23-21-51(22-24-53)31-40(32-51)55-27-25-54(26-28-55)39-14-17-44-37(29-39)33-56(49(44)59)45-19-20-46(57)52-48(45)58/h4-10,12-15,17-18,29-30,40,42,45,47H,11,16,19-28,31-33H2,1-3H3,(H,52,57,58)/t42-,45?,47+/m1/s1. The summed E-state index contributed by atoms with van der Waals surface area (Å²) < 4.78 is 6.29. The highest BCUT2D eigenvalue weighted by molar-refractivity contribution is 6.05. The lowest BCUT2D eigenvalue weighted by Gasteiger charge is -2.56. The van der Waals surface area contributed by atoms with Gasteiger partial charge in [0.2, 0.25) is 11.8 Å². The van der Waals surface area contributed by atoms with Crippen LogP contribution in [0.2, 0.25) is 0 Å². The Morgan fingerprint density at radius 1 is 0.700 bits per heavy atom. The molecule has 4 fully saturated rings. The third-order valence-electron chi connectivity index (χ3n) is 14.7. The fourth-order valence-electron chi connectivity index (χ4n) is 11.5. The van der Waals surface area contributed by atoms with Gasteiger partial charge in [-0.15, -0.1) is 0 Å². The summed E-state index contributed by atoms with van der Waals surface area (Å²) in [4.78, 5) is 46.8. The molecule has 1 N–H and O–H groups in total. The van der Waals surface area contributed by atoms with Gasteiger partial charge < -0.3 is 19.4 Å². The van der Waals surface area contributed by atoms with Gasteiger partial charge in [-0.1, -0.05) is 48.5 Å². The zero-order valence-corrected chi connectivity index (χ0v) is 35.5. The number of piperidine rings is 2. The normalized spacial score (nSPS) is 24.6. The molecule has 1 unspecified atom stereocenters. The monoisotopic (exact) mass is 805 g/mol. The molecule has 4 aliphatic heterocycles. The molecule has 0 aromatic heterocycles. The summed E-state index contributed by atoms with van der Waals surface area (Å²) in [5.74, 6) is 0.977. The van der Waals surface area contributed by atoms with Crippen LogP contribution in [-0.2, 0) is 22.6 Å². The molecule has 2 aliphatic carbocycles. The maximum atomic E-state index is 13.2. The molecule has 9 nitrogen and oxygen atoms in total. The molecule has 4 heterocycles. The number of carbonyl (C=O) groups is 3. The zero-order valence-electron chi connectivity index (χ0n) is 35.5. The molecule has 60 heavy (non-hydrogen) atoms. The van der Waals surface area contributed by atoms with Gasteiger partial charge in [-0.2, -0.15) is 0 Å². The van der Waals surface area contributed by atoms with E-state index in [-0.39, 0.29) is 29.7 Å². The molecule has 4 aromatic carbocycles. The summed E-state index contributed by atoms with van der Waals surface area (Å²) in [6.45, 7) is 13.1. The van der Waals surface area contributed by atoms with Crippen LogP contribution in [0.5, 0.6) is 5.75 Å². The Morgan fingerprint density at radius 2 is 1.42 bits per heavy atom. The van der Waals surface area contributed by atoms with Gasteiger partial charge >= 0.3 is 0 Å². The number of nitrogens with zero attached hydrogens (tertiary/aromatic N) is 4. The van der Waals surface area contributed by atoms with E-state index >= 15 is 0 Å². The lowest BCUT2D eigenvalue weighted by Crippen LogP contribution is -2.59. The van der Waals surface area contributed by atoms with E-state index in [1.54, 1.807) is 4.90 Å². The minimum Gasteiger partial charge on any atom is -0.488 e. The number of nitrogens with one attached hydrogen (secondary N) is 1. The summed E-state index contributed by atoms with van der Waals surface area (Å²) in [7, 11) is 0. The number of carbonyl (C=O) groups excluding carboxylic acids is 3. The summed E-state index contributed by atoms with van der Waals surface area (Å²) in [6.07, 6.45) is 7.98. The third-order valence-corrected chi connectivity index (χ3v) is 14.7. The predicted molar refractivity (Wildman–Crippen MR) is 236 cm³/mol. The van der Waals surface area contributed by atoms with Gasteiger partial charge in [-0.25, -0.2) is 0 Å². The van der Waals surface area contributed by atoms with E-state index in [4.69, 9.17) is 4.74 Å². The molecule has 4 aromatic rings. The molecule has 1 spiro atoms. The van der Waals surface area contributed by atoms with Crippen LogP contribution in [0.15, 0.2) is 91.0 Å². The molecule has 0 radical (unpaired) electrons. The highest BCUT2D eigenvalue weighted by Crippen LogP contribution is 2.52. The van der Waals surface area contributed by atoms with E-state index in [0.717, 1.165) is 69.1 Å². The zero-order chi connectivity index (χ0) is 41.2. The van der Waals surface area contributed by atoms with Gasteiger partial charge in [0.15, 0.2) is 0 Å². The maximum Gasteiger partial charge on any atom is 0.255 e. The van der Waals surface area contributed by atoms with Gasteiger partial charge in [0.1, 0.15) is 17.4 Å². The maximum absolute atomic E-state index is 13.2. The molecule has 9 heteroatoms. The Kier molecular flexibility index (Phi) is 10.0. The molecule has 3 saturated heterocycles. The van der Waals surface area contributed by atoms with Gasteiger partial charge in [0.25, 0.3) is 5.91 Å². The second-order valence-corrected chi connectivity index (χ2v) is 19.5. The number of piperazine rings is 1. The first-order valence-corrected chi connectivity index (χ1v) is 22.5. The average molecular weight is 806 g/mol. The first-order chi connectivity index (χ1) is 29.0. The van der Waals surface area contributed by atoms with Crippen molar-refractivity contribution in [2.75, 3.05) is 49.1 Å². The molecule has 1 saturated carbocycles. The Hall–Kier alpha value is -5.15. The quantitative estimate of drug-likeness (QED) is 0.189. The third kappa shape index (κ3) is 7.48. The second-order valence-electron chi connectivity index (χ2n) is 19.5. The number of amides is 3. The molecule has 3 amide bonds. The van der Waals surface area contributed by atoms with Crippen molar-refractivity contribution in [2.45, 2.75) is 108 Å². The van der Waals surface area contributed by atoms with E-state index < -0.39 is 6.04 Å². The van der Waals surface area contributed by atoms with Crippen molar-refractivity contribution >= 4 is 29.1 Å². The van der Waals surface area contributed by atoms with Crippen molar-refractivity contribution in [1.29, 1.82) is 0 Å². The van der Waals surface area contributed by atoms with E-state index in [0.29, 0.717) is 41.8 Å². The van der Waals surface area contributed by atoms with E-state index in [1.807, 2.05) is 6.07 Å². The van der Waals surface area contributed by atoms with Crippen molar-refractivity contribution in [3.63, 3.8) is 0 Å². The van der Waals surface area contributed by atoms with Crippen molar-refractivity contribution in [1.82, 2.24) is 15.1 Å². The van der Waals surface area contributed by atoms with Gasteiger partial charge in [-0.05, 0) is 147 Å². The van der Waals surface area contributed by atoms with Gasteiger partial charge in [-0.3, -0.25) is 24.6 Å². The SMILES string of the molecule is CC(C)(C)Oc1ccc2c(c1)CC[C@H](c1ccccc1)[C@@H]2c1ccc(N2CCC3(CC2)CC(N2CCN(c4ccc5c(c4)CN(C4CCC(=O)NC4=O)C5=O)CC2)C3)cc1. The first-order valence-electron chi connectivity index (χ1n) is 22.5. The molecule has 6 aliphatic rings. The van der Waals surface area contributed by atoms with Crippen LogP contribution in [0, 0.1) is 5.41 Å². The topological polar surface area (TPSA) is 85.4 Å². The number of hydrogen-bond acceptors (Lipinski definition) is 7. The highest BCUT2D eigenvalue weighted by Gasteiger charge is 2.48. The van der Waals surface area contributed by atoms with E-state index in [2.05, 4.69) is 126 Å². The van der Waals surface area contributed by atoms with Crippen LogP contribution in [0.1, 0.15) is 116 Å². The van der Waals surface area contributed by atoms with Crippen LogP contribution in [0.4, 0.5) is 11.4 Å². The Labute approximate surface area is 355 Å². The van der Waals surface area contributed by atoms with Crippen molar-refractivity contribution in [3.05, 3.63) is 124 Å². The number of benzene rings is 4. The molecule has 10 rings (SSSR count). The number of rotatable bonds is 7. The molecular formula is C51H59N5O4. The van der Waals surface area contributed by atoms with E-state index in [1.165, 1.54) is 53.6 Å². The summed E-state index contributed by atoms with van der Waals surface area (Å²) in [5.41, 5.74) is 10.1. The number of anilines is 2. The molecule has 312 valence electrons. The molecular weight excluding hydrogens is 747 g/mol. The number of fused-ring (bicyclic) bond motifs is 2. The predicted octanol–water partition coefficient (Wildman–Crippen LogP) is 8.06. The Balaban J connectivity index is 0.735. The van der Waals surface area contributed by atoms with Crippen LogP contribution < -0.4 is 19.9 Å². The second kappa shape index (κ2) is 15.4. The fraction of sp³-hybridized carbons (Fsp3) is 0.471. The van der Waals surface area contributed by atoms with Crippen LogP contribution in [0.3, 0.4) is 0 Å². The lowest BCUT2D eigenvalue weighted by atomic mass is 9.60.